The van der Waals surface area contributed by atoms with Crippen LogP contribution < -0.4 is 21.1 Å². The van der Waals surface area contributed by atoms with Crippen molar-refractivity contribution in [3.8, 4) is 5.75 Å². The highest BCUT2D eigenvalue weighted by atomic mass is 32.1. The molecule has 0 aliphatic heterocycles. The Morgan fingerprint density at radius 3 is 2.47 bits per heavy atom. The molecular weight excluding hydrogens is 504 g/mol. The van der Waals surface area contributed by atoms with Crippen LogP contribution >= 0.6 is 11.3 Å². The van der Waals surface area contributed by atoms with E-state index in [9.17, 15) is 9.59 Å². The van der Waals surface area contributed by atoms with Crippen molar-refractivity contribution in [2.75, 3.05) is 25.6 Å². The average molecular weight is 533 g/mol. The van der Waals surface area contributed by atoms with E-state index in [4.69, 9.17) is 20.6 Å². The SMILES string of the molecule is COC(=O)NCCc1ccc(NC(=O)OCC(Oc2cccc3sc(C(=N)N)cc23)c2ccccc2)cc1. The summed E-state index contributed by atoms with van der Waals surface area (Å²) in [6.45, 7) is 0.421. The van der Waals surface area contributed by atoms with Gasteiger partial charge in [0.1, 0.15) is 18.2 Å². The maximum absolute atomic E-state index is 12.6. The number of methoxy groups -OCH3 is 1. The quantitative estimate of drug-likeness (QED) is 0.158. The van der Waals surface area contributed by atoms with Crippen molar-refractivity contribution in [3.05, 3.63) is 94.9 Å². The number of ether oxygens (including phenoxy) is 3. The number of alkyl carbamates (subject to hydrolysis) is 1. The summed E-state index contributed by atoms with van der Waals surface area (Å²) >= 11 is 1.42. The maximum atomic E-state index is 12.6. The first-order valence-electron chi connectivity index (χ1n) is 11.9. The minimum absolute atomic E-state index is 0.00246. The number of nitrogens with one attached hydrogen (secondary N) is 3. The zero-order valence-corrected chi connectivity index (χ0v) is 21.5. The fraction of sp³-hybridized carbons (Fsp3) is 0.179. The van der Waals surface area contributed by atoms with Crippen molar-refractivity contribution in [2.24, 2.45) is 5.73 Å². The van der Waals surface area contributed by atoms with Gasteiger partial charge in [0.25, 0.3) is 0 Å². The van der Waals surface area contributed by atoms with Gasteiger partial charge in [-0.1, -0.05) is 48.5 Å². The van der Waals surface area contributed by atoms with E-state index in [1.807, 2.05) is 66.7 Å². The maximum Gasteiger partial charge on any atom is 0.411 e. The summed E-state index contributed by atoms with van der Waals surface area (Å²) in [5, 5.41) is 13.9. The first-order valence-corrected chi connectivity index (χ1v) is 12.7. The predicted octanol–water partition coefficient (Wildman–Crippen LogP) is 5.45. The van der Waals surface area contributed by atoms with Crippen LogP contribution in [0.1, 0.15) is 22.1 Å². The molecule has 0 bridgehead atoms. The van der Waals surface area contributed by atoms with Gasteiger partial charge < -0.3 is 25.3 Å². The number of hydrogen-bond acceptors (Lipinski definition) is 7. The predicted molar refractivity (Wildman–Crippen MR) is 148 cm³/mol. The van der Waals surface area contributed by atoms with Crippen molar-refractivity contribution in [1.29, 1.82) is 5.41 Å². The molecule has 5 N–H and O–H groups in total. The Morgan fingerprint density at radius 1 is 1.00 bits per heavy atom. The molecule has 0 spiro atoms. The summed E-state index contributed by atoms with van der Waals surface area (Å²) in [5.41, 5.74) is 8.10. The van der Waals surface area contributed by atoms with Gasteiger partial charge in [-0.25, -0.2) is 9.59 Å². The lowest BCUT2D eigenvalue weighted by atomic mass is 10.1. The van der Waals surface area contributed by atoms with Crippen LogP contribution in [0, 0.1) is 5.41 Å². The van der Waals surface area contributed by atoms with Crippen LogP contribution in [0.4, 0.5) is 15.3 Å². The molecule has 1 aromatic heterocycles. The van der Waals surface area contributed by atoms with Gasteiger partial charge in [-0.3, -0.25) is 10.7 Å². The van der Waals surface area contributed by atoms with Gasteiger partial charge in [0.2, 0.25) is 0 Å². The van der Waals surface area contributed by atoms with Crippen LogP contribution in [0.15, 0.2) is 78.9 Å². The molecule has 0 fully saturated rings. The first-order chi connectivity index (χ1) is 18.4. The number of thiophene rings is 1. The minimum Gasteiger partial charge on any atom is -0.481 e. The molecule has 4 aromatic rings. The molecule has 2 amide bonds. The lowest BCUT2D eigenvalue weighted by molar-refractivity contribution is 0.0910. The average Bonchev–Trinajstić information content (AvgIpc) is 3.38. The zero-order chi connectivity index (χ0) is 26.9. The number of amidine groups is 1. The fourth-order valence-electron chi connectivity index (χ4n) is 3.73. The van der Waals surface area contributed by atoms with Gasteiger partial charge in [-0.15, -0.1) is 11.3 Å². The van der Waals surface area contributed by atoms with Crippen LogP contribution in [0.25, 0.3) is 10.1 Å². The number of hydrogen-bond donors (Lipinski definition) is 4. The lowest BCUT2D eigenvalue weighted by Crippen LogP contribution is -2.25. The third kappa shape index (κ3) is 7.01. The van der Waals surface area contributed by atoms with Crippen molar-refractivity contribution in [1.82, 2.24) is 5.32 Å². The number of anilines is 1. The van der Waals surface area contributed by atoms with Gasteiger partial charge in [0.15, 0.2) is 6.10 Å². The Labute approximate surface area is 224 Å². The summed E-state index contributed by atoms with van der Waals surface area (Å²) in [6, 6.07) is 24.3. The molecule has 1 unspecified atom stereocenters. The largest absolute Gasteiger partial charge is 0.481 e. The molecular formula is C28H28N4O5S. The summed E-state index contributed by atoms with van der Waals surface area (Å²) in [7, 11) is 1.32. The molecule has 38 heavy (non-hydrogen) atoms. The van der Waals surface area contributed by atoms with Gasteiger partial charge in [0, 0.05) is 22.3 Å². The lowest BCUT2D eigenvalue weighted by Gasteiger charge is -2.20. The molecule has 4 rings (SSSR count). The third-order valence-electron chi connectivity index (χ3n) is 5.66. The van der Waals surface area contributed by atoms with Crippen molar-refractivity contribution in [2.45, 2.75) is 12.5 Å². The first kappa shape index (κ1) is 26.5. The summed E-state index contributed by atoms with van der Waals surface area (Å²) in [4.78, 5) is 24.4. The molecule has 9 nitrogen and oxygen atoms in total. The minimum atomic E-state index is -0.609. The van der Waals surface area contributed by atoms with E-state index < -0.39 is 18.3 Å². The smallest absolute Gasteiger partial charge is 0.411 e. The highest BCUT2D eigenvalue weighted by Crippen LogP contribution is 2.35. The van der Waals surface area contributed by atoms with Crippen LogP contribution in [-0.2, 0) is 15.9 Å². The van der Waals surface area contributed by atoms with Gasteiger partial charge in [-0.05, 0) is 47.9 Å². The van der Waals surface area contributed by atoms with E-state index in [-0.39, 0.29) is 12.4 Å². The van der Waals surface area contributed by atoms with Crippen LogP contribution in [0.5, 0.6) is 5.75 Å². The monoisotopic (exact) mass is 532 g/mol. The Kier molecular flexibility index (Phi) is 8.78. The second-order valence-electron chi connectivity index (χ2n) is 8.30. The number of carbonyl (C=O) groups is 2. The Balaban J connectivity index is 1.39. The summed E-state index contributed by atoms with van der Waals surface area (Å²) in [5.74, 6) is 0.615. The summed E-state index contributed by atoms with van der Waals surface area (Å²) < 4.78 is 17.4. The van der Waals surface area contributed by atoms with Crippen LogP contribution in [-0.4, -0.2) is 38.3 Å². The second kappa shape index (κ2) is 12.6. The molecule has 0 saturated carbocycles. The van der Waals surface area contributed by atoms with Crippen molar-refractivity contribution >= 4 is 45.1 Å². The highest BCUT2D eigenvalue weighted by molar-refractivity contribution is 7.20. The molecule has 0 saturated heterocycles. The number of nitrogens with two attached hydrogens (primary N) is 1. The molecule has 0 aliphatic rings. The van der Waals surface area contributed by atoms with Gasteiger partial charge in [0.05, 0.1) is 12.0 Å². The Bertz CT molecular complexity index is 1410. The van der Waals surface area contributed by atoms with E-state index in [0.29, 0.717) is 29.3 Å². The highest BCUT2D eigenvalue weighted by Gasteiger charge is 2.19. The van der Waals surface area contributed by atoms with E-state index in [1.54, 1.807) is 12.1 Å². The topological polar surface area (TPSA) is 136 Å². The summed E-state index contributed by atoms with van der Waals surface area (Å²) in [6.07, 6.45) is -1.02. The van der Waals surface area contributed by atoms with Crippen LogP contribution in [0.3, 0.4) is 0 Å². The van der Waals surface area contributed by atoms with Crippen LogP contribution in [0.2, 0.25) is 0 Å². The Hall–Kier alpha value is -4.57. The van der Waals surface area contributed by atoms with Gasteiger partial charge in [-0.2, -0.15) is 0 Å². The molecule has 1 atom stereocenters. The van der Waals surface area contributed by atoms with E-state index in [1.165, 1.54) is 18.4 Å². The number of rotatable bonds is 10. The molecule has 196 valence electrons. The second-order valence-corrected chi connectivity index (χ2v) is 9.38. The number of nitrogen functional groups attached to an aromatic ring is 1. The molecule has 3 aromatic carbocycles. The fourth-order valence-corrected chi connectivity index (χ4v) is 4.67. The third-order valence-corrected chi connectivity index (χ3v) is 6.80. The van der Waals surface area contributed by atoms with Crippen molar-refractivity contribution in [3.63, 3.8) is 0 Å². The number of benzene rings is 3. The van der Waals surface area contributed by atoms with E-state index >= 15 is 0 Å². The Morgan fingerprint density at radius 2 is 1.76 bits per heavy atom. The molecule has 10 heteroatoms. The number of amides is 2. The number of fused-ring (bicyclic) bond motifs is 1. The number of carbonyl (C=O) groups excluding carboxylic acids is 2. The standard InChI is InChI=1S/C28H28N4O5S/c1-35-27(33)31-15-14-18-10-12-20(13-11-18)32-28(34)36-17-23(19-6-3-2-4-7-19)37-22-8-5-9-24-21(22)16-25(38-24)26(29)30/h2-13,16,23H,14-15,17H2,1H3,(H3,29,30)(H,31,33)(H,32,34). The molecule has 0 aliphatic carbocycles. The zero-order valence-electron chi connectivity index (χ0n) is 20.7. The van der Waals surface area contributed by atoms with E-state index in [2.05, 4.69) is 15.4 Å². The molecule has 1 heterocycles. The van der Waals surface area contributed by atoms with Gasteiger partial charge >= 0.3 is 12.2 Å². The van der Waals surface area contributed by atoms with E-state index in [0.717, 1.165) is 21.2 Å². The normalized spacial score (nSPS) is 11.4. The molecule has 0 radical (unpaired) electrons. The van der Waals surface area contributed by atoms with Crippen molar-refractivity contribution < 1.29 is 23.8 Å².